The number of nitriles is 1. The summed E-state index contributed by atoms with van der Waals surface area (Å²) in [7, 11) is 0. The zero-order chi connectivity index (χ0) is 18.9. The molecule has 3 rings (SSSR count). The van der Waals surface area contributed by atoms with Crippen molar-refractivity contribution in [2.24, 2.45) is 0 Å². The summed E-state index contributed by atoms with van der Waals surface area (Å²) in [6, 6.07) is 14.6. The molecule has 0 saturated carbocycles. The monoisotopic (exact) mass is 365 g/mol. The molecule has 1 aromatic carbocycles. The number of pyridine rings is 1. The number of aromatic nitrogens is 1. The molecule has 1 unspecified atom stereocenters. The van der Waals surface area contributed by atoms with Gasteiger partial charge in [-0.25, -0.2) is 0 Å². The molecule has 1 aliphatic heterocycles. The minimum absolute atomic E-state index is 0.343. The first-order valence-corrected chi connectivity index (χ1v) is 9.67. The highest BCUT2D eigenvalue weighted by Crippen LogP contribution is 2.22. The van der Waals surface area contributed by atoms with Crippen molar-refractivity contribution in [2.45, 2.75) is 32.2 Å². The summed E-state index contributed by atoms with van der Waals surface area (Å²) in [5, 5.41) is 8.72. The van der Waals surface area contributed by atoms with E-state index in [9.17, 15) is 0 Å². The number of benzene rings is 1. The minimum Gasteiger partial charge on any atom is -0.492 e. The van der Waals surface area contributed by atoms with Crippen LogP contribution in [0.2, 0.25) is 0 Å². The quantitative estimate of drug-likeness (QED) is 0.714. The van der Waals surface area contributed by atoms with E-state index in [0.29, 0.717) is 19.1 Å². The molecule has 1 aromatic heterocycles. The van der Waals surface area contributed by atoms with Crippen molar-refractivity contribution in [1.82, 2.24) is 9.88 Å². The van der Waals surface area contributed by atoms with E-state index in [-0.39, 0.29) is 0 Å². The lowest BCUT2D eigenvalue weighted by Crippen LogP contribution is -2.46. The summed E-state index contributed by atoms with van der Waals surface area (Å²) in [5.74, 6) is 0.883. The number of ether oxygens (including phenoxy) is 2. The Morgan fingerprint density at radius 1 is 1.22 bits per heavy atom. The minimum atomic E-state index is 0.343. The van der Waals surface area contributed by atoms with Gasteiger partial charge in [0.05, 0.1) is 31.4 Å². The molecule has 1 aliphatic rings. The molecule has 5 heteroatoms. The SMILES string of the molecule is CCCC1COCCN1CCOc1ccc(-c2ccc(CC#N)nc2)cc1. The smallest absolute Gasteiger partial charge is 0.119 e. The normalized spacial score (nSPS) is 17.4. The molecule has 2 heterocycles. The Bertz CT molecular complexity index is 736. The average Bonchev–Trinajstić information content (AvgIpc) is 2.71. The lowest BCUT2D eigenvalue weighted by Gasteiger charge is -2.35. The summed E-state index contributed by atoms with van der Waals surface area (Å²) in [5.41, 5.74) is 2.93. The second kappa shape index (κ2) is 10.1. The maximum absolute atomic E-state index is 8.72. The van der Waals surface area contributed by atoms with E-state index < -0.39 is 0 Å². The fourth-order valence-corrected chi connectivity index (χ4v) is 3.39. The molecule has 2 aromatic rings. The first-order chi connectivity index (χ1) is 13.3. The van der Waals surface area contributed by atoms with Gasteiger partial charge in [0.25, 0.3) is 0 Å². The van der Waals surface area contributed by atoms with E-state index in [2.05, 4.69) is 22.9 Å². The molecule has 1 saturated heterocycles. The Labute approximate surface area is 161 Å². The summed E-state index contributed by atoms with van der Waals surface area (Å²) in [6.45, 7) is 6.48. The van der Waals surface area contributed by atoms with Gasteiger partial charge in [-0.3, -0.25) is 9.88 Å². The van der Waals surface area contributed by atoms with Crippen molar-refractivity contribution in [3.63, 3.8) is 0 Å². The molecule has 1 atom stereocenters. The van der Waals surface area contributed by atoms with Gasteiger partial charge in [0.1, 0.15) is 12.4 Å². The number of morpholine rings is 1. The molecular formula is C22H27N3O2. The van der Waals surface area contributed by atoms with Crippen LogP contribution < -0.4 is 4.74 Å². The molecule has 0 amide bonds. The number of hydrogen-bond acceptors (Lipinski definition) is 5. The Morgan fingerprint density at radius 3 is 2.74 bits per heavy atom. The zero-order valence-electron chi connectivity index (χ0n) is 15.9. The van der Waals surface area contributed by atoms with E-state index in [1.165, 1.54) is 12.8 Å². The van der Waals surface area contributed by atoms with Gasteiger partial charge in [0, 0.05) is 30.9 Å². The highest BCUT2D eigenvalue weighted by molar-refractivity contribution is 5.63. The van der Waals surface area contributed by atoms with Gasteiger partial charge in [0.2, 0.25) is 0 Å². The van der Waals surface area contributed by atoms with E-state index in [0.717, 1.165) is 48.9 Å². The third-order valence-electron chi connectivity index (χ3n) is 4.89. The van der Waals surface area contributed by atoms with Crippen molar-refractivity contribution in [2.75, 3.05) is 32.9 Å². The maximum Gasteiger partial charge on any atom is 0.119 e. The number of rotatable bonds is 8. The lowest BCUT2D eigenvalue weighted by atomic mass is 10.1. The Balaban J connectivity index is 1.51. The van der Waals surface area contributed by atoms with Gasteiger partial charge in [-0.15, -0.1) is 0 Å². The third kappa shape index (κ3) is 5.53. The summed E-state index contributed by atoms with van der Waals surface area (Å²) in [6.07, 6.45) is 4.51. The van der Waals surface area contributed by atoms with Crippen LogP contribution in [0, 0.1) is 11.3 Å². The van der Waals surface area contributed by atoms with Crippen LogP contribution in [0.25, 0.3) is 11.1 Å². The van der Waals surface area contributed by atoms with E-state index >= 15 is 0 Å². The molecule has 0 N–H and O–H groups in total. The van der Waals surface area contributed by atoms with Crippen LogP contribution >= 0.6 is 0 Å². The van der Waals surface area contributed by atoms with E-state index in [1.54, 1.807) is 0 Å². The molecule has 0 spiro atoms. The van der Waals surface area contributed by atoms with Gasteiger partial charge in [-0.1, -0.05) is 31.5 Å². The molecule has 1 fully saturated rings. The molecule has 0 bridgehead atoms. The third-order valence-corrected chi connectivity index (χ3v) is 4.89. The Hall–Kier alpha value is -2.42. The van der Waals surface area contributed by atoms with Crippen LogP contribution in [0.5, 0.6) is 5.75 Å². The molecule has 27 heavy (non-hydrogen) atoms. The van der Waals surface area contributed by atoms with Crippen LogP contribution in [0.4, 0.5) is 0 Å². The Morgan fingerprint density at radius 2 is 2.04 bits per heavy atom. The largest absolute Gasteiger partial charge is 0.492 e. The van der Waals surface area contributed by atoms with Crippen LogP contribution in [0.1, 0.15) is 25.5 Å². The summed E-state index contributed by atoms with van der Waals surface area (Å²) >= 11 is 0. The predicted octanol–water partition coefficient (Wildman–Crippen LogP) is 3.69. The summed E-state index contributed by atoms with van der Waals surface area (Å²) in [4.78, 5) is 6.80. The van der Waals surface area contributed by atoms with E-state index in [4.69, 9.17) is 14.7 Å². The molecular weight excluding hydrogens is 338 g/mol. The van der Waals surface area contributed by atoms with Crippen LogP contribution in [-0.2, 0) is 11.2 Å². The zero-order valence-corrected chi connectivity index (χ0v) is 15.9. The van der Waals surface area contributed by atoms with Gasteiger partial charge in [0.15, 0.2) is 0 Å². The predicted molar refractivity (Wildman–Crippen MR) is 106 cm³/mol. The summed E-state index contributed by atoms with van der Waals surface area (Å²) < 4.78 is 11.5. The second-order valence-electron chi connectivity index (χ2n) is 6.80. The number of hydrogen-bond donors (Lipinski definition) is 0. The van der Waals surface area contributed by atoms with Gasteiger partial charge < -0.3 is 9.47 Å². The van der Waals surface area contributed by atoms with Gasteiger partial charge in [-0.05, 0) is 30.2 Å². The van der Waals surface area contributed by atoms with Crippen molar-refractivity contribution >= 4 is 0 Å². The number of nitrogens with zero attached hydrogens (tertiary/aromatic N) is 3. The highest BCUT2D eigenvalue weighted by Gasteiger charge is 2.21. The Kier molecular flexibility index (Phi) is 7.20. The lowest BCUT2D eigenvalue weighted by molar-refractivity contribution is -0.0151. The van der Waals surface area contributed by atoms with Crippen molar-refractivity contribution in [3.05, 3.63) is 48.3 Å². The standard InChI is InChI=1S/C22H27N3O2/c1-2-3-21-17-26-14-12-25(21)13-15-27-22-8-5-18(6-9-22)19-4-7-20(10-11-23)24-16-19/h4-9,16,21H,2-3,10,12-15,17H2,1H3. The first kappa shape index (κ1) is 19.3. The molecule has 142 valence electrons. The molecule has 0 aliphatic carbocycles. The van der Waals surface area contributed by atoms with E-state index in [1.807, 2.05) is 42.6 Å². The van der Waals surface area contributed by atoms with Crippen LogP contribution in [-0.4, -0.2) is 48.8 Å². The molecule has 5 nitrogen and oxygen atoms in total. The fraction of sp³-hybridized carbons (Fsp3) is 0.455. The average molecular weight is 365 g/mol. The topological polar surface area (TPSA) is 58.4 Å². The fourth-order valence-electron chi connectivity index (χ4n) is 3.39. The highest BCUT2D eigenvalue weighted by atomic mass is 16.5. The van der Waals surface area contributed by atoms with Gasteiger partial charge >= 0.3 is 0 Å². The van der Waals surface area contributed by atoms with Crippen molar-refractivity contribution in [3.8, 4) is 22.9 Å². The van der Waals surface area contributed by atoms with Crippen molar-refractivity contribution in [1.29, 1.82) is 5.26 Å². The second-order valence-corrected chi connectivity index (χ2v) is 6.80. The van der Waals surface area contributed by atoms with Gasteiger partial charge in [-0.2, -0.15) is 5.26 Å². The first-order valence-electron chi connectivity index (χ1n) is 9.67. The maximum atomic E-state index is 8.72. The van der Waals surface area contributed by atoms with Crippen LogP contribution in [0.15, 0.2) is 42.6 Å². The molecule has 0 radical (unpaired) electrons. The van der Waals surface area contributed by atoms with Crippen molar-refractivity contribution < 1.29 is 9.47 Å². The van der Waals surface area contributed by atoms with Crippen LogP contribution in [0.3, 0.4) is 0 Å².